The lowest BCUT2D eigenvalue weighted by atomic mass is 9.96. The summed E-state index contributed by atoms with van der Waals surface area (Å²) in [6, 6.07) is 6.46. The quantitative estimate of drug-likeness (QED) is 0.466. The first-order chi connectivity index (χ1) is 12.0. The fourth-order valence-electron chi connectivity index (χ4n) is 3.59. The maximum absolute atomic E-state index is 13.0. The number of ketones is 1. The van der Waals surface area contributed by atoms with Crippen LogP contribution in [0.25, 0.3) is 0 Å². The topological polar surface area (TPSA) is 55.9 Å². The van der Waals surface area contributed by atoms with E-state index in [1.165, 1.54) is 4.90 Å². The number of hydrogen-bond acceptors (Lipinski definition) is 4. The highest BCUT2D eigenvalue weighted by Crippen LogP contribution is 2.45. The molecule has 0 saturated carbocycles. The molecule has 138 valence electrons. The molecule has 1 aromatic carbocycles. The molecule has 1 amide bonds. The van der Waals surface area contributed by atoms with Gasteiger partial charge in [0, 0.05) is 24.7 Å². The summed E-state index contributed by atoms with van der Waals surface area (Å²) >= 11 is 16.7. The van der Waals surface area contributed by atoms with Crippen LogP contribution in [0.15, 0.2) is 24.3 Å². The highest BCUT2D eigenvalue weighted by molar-refractivity contribution is 7.80. The van der Waals surface area contributed by atoms with Crippen molar-refractivity contribution in [2.45, 2.75) is 31.6 Å². The van der Waals surface area contributed by atoms with Crippen LogP contribution in [0.3, 0.4) is 0 Å². The van der Waals surface area contributed by atoms with Crippen molar-refractivity contribution in [3.8, 4) is 0 Å². The second-order valence-corrected chi connectivity index (χ2v) is 7.95. The van der Waals surface area contributed by atoms with Crippen molar-refractivity contribution in [1.29, 1.82) is 0 Å². The predicted octanol–water partition coefficient (Wildman–Crippen LogP) is 2.22. The van der Waals surface area contributed by atoms with Crippen molar-refractivity contribution in [2.24, 2.45) is 0 Å². The highest BCUT2D eigenvalue weighted by Gasteiger charge is 2.68. The van der Waals surface area contributed by atoms with Gasteiger partial charge in [0.25, 0.3) is 0 Å². The van der Waals surface area contributed by atoms with Gasteiger partial charge in [0.05, 0.1) is 6.42 Å². The van der Waals surface area contributed by atoms with Gasteiger partial charge in [-0.2, -0.15) is 0 Å². The number of amides is 1. The third-order valence-electron chi connectivity index (χ3n) is 5.54. The fourth-order valence-corrected chi connectivity index (χ4v) is 4.56. The van der Waals surface area contributed by atoms with Crippen molar-refractivity contribution in [1.82, 2.24) is 20.0 Å². The van der Waals surface area contributed by atoms with Crippen LogP contribution < -0.4 is 5.32 Å². The van der Waals surface area contributed by atoms with E-state index in [2.05, 4.69) is 5.32 Å². The molecule has 2 fully saturated rings. The number of halogens is 1. The molecule has 0 spiro atoms. The molecular formula is C17H19ClN4O2S2. The molecule has 0 aromatic heterocycles. The number of carbonyl (C=O) groups is 2. The summed E-state index contributed by atoms with van der Waals surface area (Å²) in [5.74, 6) is -0.665. The summed E-state index contributed by atoms with van der Waals surface area (Å²) in [5, 5.41) is 4.60. The lowest BCUT2D eigenvalue weighted by Crippen LogP contribution is -2.64. The third kappa shape index (κ3) is 2.43. The Kier molecular flexibility index (Phi) is 4.49. The number of hydrogen-bond donors (Lipinski definition) is 1. The van der Waals surface area contributed by atoms with E-state index < -0.39 is 11.3 Å². The van der Waals surface area contributed by atoms with Gasteiger partial charge in [-0.25, -0.2) is 0 Å². The minimum atomic E-state index is -0.873. The second kappa shape index (κ2) is 6.14. The van der Waals surface area contributed by atoms with E-state index in [4.69, 9.17) is 36.0 Å². The number of nitrogens with zero attached hydrogens (tertiary/aromatic N) is 3. The van der Waals surface area contributed by atoms with Crippen molar-refractivity contribution in [2.75, 3.05) is 14.1 Å². The van der Waals surface area contributed by atoms with E-state index in [0.717, 1.165) is 0 Å². The van der Waals surface area contributed by atoms with Crippen LogP contribution in [0.1, 0.15) is 30.6 Å². The Morgan fingerprint density at radius 2 is 1.69 bits per heavy atom. The van der Waals surface area contributed by atoms with Gasteiger partial charge in [0.2, 0.25) is 5.91 Å². The molecule has 2 aliphatic heterocycles. The summed E-state index contributed by atoms with van der Waals surface area (Å²) in [7, 11) is 3.67. The molecule has 6 nitrogen and oxygen atoms in total. The minimum Gasteiger partial charge on any atom is -0.336 e. The average molecular weight is 411 g/mol. The van der Waals surface area contributed by atoms with Crippen LogP contribution in [0, 0.1) is 0 Å². The molecule has 0 bridgehead atoms. The summed E-state index contributed by atoms with van der Waals surface area (Å²) in [6.07, 6.45) is -0.292. The van der Waals surface area contributed by atoms with Crippen LogP contribution in [-0.2, 0) is 4.79 Å². The number of benzene rings is 1. The predicted molar refractivity (Wildman–Crippen MR) is 108 cm³/mol. The van der Waals surface area contributed by atoms with Crippen LogP contribution in [0.4, 0.5) is 0 Å². The number of rotatable bonds is 3. The summed E-state index contributed by atoms with van der Waals surface area (Å²) in [6.45, 7) is 3.82. The highest BCUT2D eigenvalue weighted by atomic mass is 35.5. The monoisotopic (exact) mass is 410 g/mol. The van der Waals surface area contributed by atoms with Crippen molar-refractivity contribution < 1.29 is 9.59 Å². The molecule has 2 heterocycles. The van der Waals surface area contributed by atoms with Crippen LogP contribution >= 0.6 is 36.0 Å². The number of thiocarbonyl (C=S) groups is 2. The zero-order chi connectivity index (χ0) is 19.4. The maximum Gasteiger partial charge on any atom is 0.238 e. The lowest BCUT2D eigenvalue weighted by molar-refractivity contribution is -0.132. The van der Waals surface area contributed by atoms with Gasteiger partial charge in [0.15, 0.2) is 27.3 Å². The van der Waals surface area contributed by atoms with Crippen molar-refractivity contribution in [3.05, 3.63) is 34.9 Å². The normalized spacial score (nSPS) is 27.7. The van der Waals surface area contributed by atoms with E-state index in [0.29, 0.717) is 20.8 Å². The minimum absolute atomic E-state index is 0.289. The van der Waals surface area contributed by atoms with Gasteiger partial charge in [-0.05, 0) is 62.5 Å². The first-order valence-corrected chi connectivity index (χ1v) is 9.19. The Morgan fingerprint density at radius 1 is 1.12 bits per heavy atom. The van der Waals surface area contributed by atoms with Gasteiger partial charge in [0.1, 0.15) is 0 Å². The maximum atomic E-state index is 13.0. The Morgan fingerprint density at radius 3 is 2.27 bits per heavy atom. The molecule has 0 aliphatic carbocycles. The molecule has 2 aliphatic rings. The van der Waals surface area contributed by atoms with Gasteiger partial charge in [-0.3, -0.25) is 14.5 Å². The molecule has 9 heteroatoms. The van der Waals surface area contributed by atoms with E-state index in [9.17, 15) is 9.59 Å². The first kappa shape index (κ1) is 19.0. The van der Waals surface area contributed by atoms with Gasteiger partial charge >= 0.3 is 0 Å². The molecular weight excluding hydrogens is 392 g/mol. The van der Waals surface area contributed by atoms with Gasteiger partial charge < -0.3 is 15.1 Å². The number of likely N-dealkylation sites (N-methyl/N-ethyl adjacent to an activating group) is 2. The Balaban J connectivity index is 1.89. The average Bonchev–Trinajstić information content (AvgIpc) is 2.84. The van der Waals surface area contributed by atoms with Crippen molar-refractivity contribution >= 4 is 58.0 Å². The van der Waals surface area contributed by atoms with Crippen LogP contribution in [-0.4, -0.2) is 62.0 Å². The Hall–Kier alpha value is -1.77. The smallest absolute Gasteiger partial charge is 0.238 e. The van der Waals surface area contributed by atoms with Gasteiger partial charge in [-0.15, -0.1) is 0 Å². The van der Waals surface area contributed by atoms with E-state index in [-0.39, 0.29) is 18.1 Å². The Labute approximate surface area is 168 Å². The van der Waals surface area contributed by atoms with Gasteiger partial charge in [-0.1, -0.05) is 11.6 Å². The first-order valence-electron chi connectivity index (χ1n) is 7.99. The summed E-state index contributed by atoms with van der Waals surface area (Å²) in [5.41, 5.74) is -1.09. The zero-order valence-electron chi connectivity index (χ0n) is 14.9. The summed E-state index contributed by atoms with van der Waals surface area (Å²) < 4.78 is 0. The molecule has 2 atom stereocenters. The van der Waals surface area contributed by atoms with Crippen LogP contribution in [0.2, 0.25) is 5.02 Å². The molecule has 2 saturated heterocycles. The Bertz CT molecular complexity index is 831. The van der Waals surface area contributed by atoms with E-state index >= 15 is 0 Å². The number of carbonyl (C=O) groups excluding carboxylic acids is 2. The molecule has 26 heavy (non-hydrogen) atoms. The number of Topliss-reactive ketones (excluding diaryl/α,β-unsaturated/α-hetero) is 1. The molecule has 0 radical (unpaired) electrons. The number of nitrogens with one attached hydrogen (secondary N) is 1. The van der Waals surface area contributed by atoms with E-state index in [1.807, 2.05) is 37.7 Å². The van der Waals surface area contributed by atoms with Crippen molar-refractivity contribution in [3.63, 3.8) is 0 Å². The van der Waals surface area contributed by atoms with Crippen LogP contribution in [0.5, 0.6) is 0 Å². The number of fused-ring (bicyclic) bond motifs is 1. The zero-order valence-corrected chi connectivity index (χ0v) is 17.3. The fraction of sp³-hybridized carbons (Fsp3) is 0.412. The molecule has 1 N–H and O–H groups in total. The third-order valence-corrected chi connectivity index (χ3v) is 6.62. The lowest BCUT2D eigenvalue weighted by Gasteiger charge is -2.41. The molecule has 1 aromatic rings. The second-order valence-electron chi connectivity index (χ2n) is 6.76. The molecule has 3 rings (SSSR count). The SMILES string of the molecule is CN1C(=S)N[C@]2(C)N(C(=O)CC(=O)c3ccc(Cl)cc3)C(=S)N(C)[C@]12C. The molecule has 0 unspecified atom stereocenters. The largest absolute Gasteiger partial charge is 0.336 e. The van der Waals surface area contributed by atoms with E-state index in [1.54, 1.807) is 24.3 Å². The standard InChI is InChI=1S/C17H19ClN4O2S2/c1-16-17(2,20(3)14(25)19-16)21(4)15(26)22(16)13(24)9-12(23)10-5-7-11(18)8-6-10/h5-8H,9H2,1-4H3,(H,19,25)/t16-,17+/m1/s1. The summed E-state index contributed by atoms with van der Waals surface area (Å²) in [4.78, 5) is 30.7.